The molecule has 0 bridgehead atoms. The first kappa shape index (κ1) is 15.7. The maximum atomic E-state index is 13.3. The van der Waals surface area contributed by atoms with Gasteiger partial charge in [-0.1, -0.05) is 0 Å². The number of nitrogens with zero attached hydrogens (tertiary/aromatic N) is 1. The van der Waals surface area contributed by atoms with Crippen LogP contribution in [0.15, 0.2) is 23.1 Å². The van der Waals surface area contributed by atoms with E-state index in [1.165, 1.54) is 6.07 Å². The quantitative estimate of drug-likeness (QED) is 0.627. The molecule has 0 aromatic heterocycles. The molecule has 1 aliphatic carbocycles. The molecule has 0 saturated heterocycles. The van der Waals surface area contributed by atoms with E-state index in [4.69, 9.17) is 10.5 Å². The van der Waals surface area contributed by atoms with Gasteiger partial charge in [-0.2, -0.15) is 4.31 Å². The number of carbonyl (C=O) groups is 1. The van der Waals surface area contributed by atoms with Crippen LogP contribution in [0.4, 0.5) is 10.1 Å². The number of rotatable bonds is 6. The predicted molar refractivity (Wildman–Crippen MR) is 74.4 cm³/mol. The highest BCUT2D eigenvalue weighted by atomic mass is 32.2. The van der Waals surface area contributed by atoms with Crippen LogP contribution in [0.1, 0.15) is 19.8 Å². The van der Waals surface area contributed by atoms with E-state index in [0.717, 1.165) is 16.4 Å². The molecule has 116 valence electrons. The average Bonchev–Trinajstić information content (AvgIpc) is 3.23. The topological polar surface area (TPSA) is 89.7 Å². The summed E-state index contributed by atoms with van der Waals surface area (Å²) in [6.45, 7) is 1.41. The van der Waals surface area contributed by atoms with Gasteiger partial charge in [-0.05, 0) is 38.0 Å². The van der Waals surface area contributed by atoms with Crippen LogP contribution in [-0.2, 0) is 19.6 Å². The summed E-state index contributed by atoms with van der Waals surface area (Å²) in [4.78, 5) is 11.3. The number of anilines is 1. The zero-order valence-electron chi connectivity index (χ0n) is 11.6. The second kappa shape index (κ2) is 5.98. The number of sulfonamides is 1. The number of esters is 1. The molecular formula is C13H17FN2O4S. The minimum Gasteiger partial charge on any atom is -0.465 e. The monoisotopic (exact) mass is 316 g/mol. The van der Waals surface area contributed by atoms with E-state index in [9.17, 15) is 17.6 Å². The number of nitrogens with two attached hydrogens (primary N) is 1. The normalized spacial score (nSPS) is 15.2. The molecule has 1 fully saturated rings. The van der Waals surface area contributed by atoms with Gasteiger partial charge in [-0.15, -0.1) is 0 Å². The molecule has 2 rings (SSSR count). The third kappa shape index (κ3) is 3.51. The van der Waals surface area contributed by atoms with Crippen molar-refractivity contribution in [2.24, 2.45) is 0 Å². The van der Waals surface area contributed by atoms with Gasteiger partial charge < -0.3 is 10.5 Å². The zero-order valence-corrected chi connectivity index (χ0v) is 12.4. The van der Waals surface area contributed by atoms with Crippen molar-refractivity contribution in [3.63, 3.8) is 0 Å². The molecule has 1 aromatic carbocycles. The molecule has 6 nitrogen and oxygen atoms in total. The number of carbonyl (C=O) groups excluding carboxylic acids is 1. The van der Waals surface area contributed by atoms with Crippen LogP contribution in [0.25, 0.3) is 0 Å². The van der Waals surface area contributed by atoms with Gasteiger partial charge in [0.25, 0.3) is 0 Å². The van der Waals surface area contributed by atoms with Crippen molar-refractivity contribution in [1.82, 2.24) is 4.31 Å². The number of nitrogen functional groups attached to an aromatic ring is 1. The lowest BCUT2D eigenvalue weighted by molar-refractivity contribution is -0.143. The van der Waals surface area contributed by atoms with Gasteiger partial charge in [0.2, 0.25) is 10.0 Å². The maximum absolute atomic E-state index is 13.3. The lowest BCUT2D eigenvalue weighted by Crippen LogP contribution is -2.38. The molecule has 0 heterocycles. The van der Waals surface area contributed by atoms with Crippen LogP contribution in [0.5, 0.6) is 0 Å². The second-order valence-electron chi connectivity index (χ2n) is 4.77. The van der Waals surface area contributed by atoms with Crippen LogP contribution in [0, 0.1) is 5.82 Å². The SMILES string of the molecule is CCOC(=O)CN(C1CC1)S(=O)(=O)c1cc(F)ccc1N. The average molecular weight is 316 g/mol. The number of hydrogen-bond acceptors (Lipinski definition) is 5. The molecule has 1 saturated carbocycles. The number of halogens is 1. The fraction of sp³-hybridized carbons (Fsp3) is 0.462. The van der Waals surface area contributed by atoms with E-state index >= 15 is 0 Å². The summed E-state index contributed by atoms with van der Waals surface area (Å²) in [7, 11) is -4.04. The molecular weight excluding hydrogens is 299 g/mol. The highest BCUT2D eigenvalue weighted by Crippen LogP contribution is 2.33. The van der Waals surface area contributed by atoms with E-state index in [1.807, 2.05) is 0 Å². The highest BCUT2D eigenvalue weighted by molar-refractivity contribution is 7.89. The number of ether oxygens (including phenoxy) is 1. The van der Waals surface area contributed by atoms with Crippen molar-refractivity contribution in [1.29, 1.82) is 0 Å². The van der Waals surface area contributed by atoms with Crippen molar-refractivity contribution in [2.75, 3.05) is 18.9 Å². The van der Waals surface area contributed by atoms with Crippen molar-refractivity contribution in [3.8, 4) is 0 Å². The molecule has 21 heavy (non-hydrogen) atoms. The fourth-order valence-electron chi connectivity index (χ4n) is 1.96. The van der Waals surface area contributed by atoms with Crippen LogP contribution in [-0.4, -0.2) is 37.9 Å². The Labute approximate surface area is 122 Å². The molecule has 8 heteroatoms. The molecule has 0 unspecified atom stereocenters. The molecule has 0 amide bonds. The van der Waals surface area contributed by atoms with E-state index in [0.29, 0.717) is 12.8 Å². The Bertz CT molecular complexity index is 644. The van der Waals surface area contributed by atoms with Crippen molar-refractivity contribution in [2.45, 2.75) is 30.7 Å². The lowest BCUT2D eigenvalue weighted by atomic mass is 10.3. The Kier molecular flexibility index (Phi) is 4.48. The van der Waals surface area contributed by atoms with E-state index < -0.39 is 28.4 Å². The Morgan fingerprint density at radius 1 is 1.48 bits per heavy atom. The summed E-state index contributed by atoms with van der Waals surface area (Å²) in [5, 5.41) is 0. The standard InChI is InChI=1S/C13H17FN2O4S/c1-2-20-13(17)8-16(10-4-5-10)21(18,19)12-7-9(14)3-6-11(12)15/h3,6-7,10H,2,4-5,8,15H2,1H3. The van der Waals surface area contributed by atoms with Gasteiger partial charge in [0.05, 0.1) is 12.3 Å². The van der Waals surface area contributed by atoms with E-state index in [-0.39, 0.29) is 23.2 Å². The van der Waals surface area contributed by atoms with Crippen LogP contribution in [0.3, 0.4) is 0 Å². The van der Waals surface area contributed by atoms with Crippen molar-refractivity contribution in [3.05, 3.63) is 24.0 Å². The Balaban J connectivity index is 2.34. The van der Waals surface area contributed by atoms with E-state index in [1.54, 1.807) is 6.92 Å². The molecule has 2 N–H and O–H groups in total. The molecule has 0 atom stereocenters. The van der Waals surface area contributed by atoms with Gasteiger partial charge >= 0.3 is 5.97 Å². The van der Waals surface area contributed by atoms with E-state index in [2.05, 4.69) is 0 Å². The Hall–Kier alpha value is -1.67. The lowest BCUT2D eigenvalue weighted by Gasteiger charge is -2.21. The smallest absolute Gasteiger partial charge is 0.321 e. The number of hydrogen-bond donors (Lipinski definition) is 1. The summed E-state index contributed by atoms with van der Waals surface area (Å²) in [5.74, 6) is -1.34. The summed E-state index contributed by atoms with van der Waals surface area (Å²) >= 11 is 0. The van der Waals surface area contributed by atoms with Crippen LogP contribution >= 0.6 is 0 Å². The first-order valence-electron chi connectivity index (χ1n) is 6.58. The largest absolute Gasteiger partial charge is 0.465 e. The Morgan fingerprint density at radius 2 is 2.14 bits per heavy atom. The second-order valence-corrected chi connectivity index (χ2v) is 6.63. The first-order valence-corrected chi connectivity index (χ1v) is 8.02. The summed E-state index contributed by atoms with van der Waals surface area (Å²) in [6.07, 6.45) is 1.32. The minimum absolute atomic E-state index is 0.0501. The van der Waals surface area contributed by atoms with Gasteiger partial charge in [0, 0.05) is 6.04 Å². The first-order chi connectivity index (χ1) is 9.86. The van der Waals surface area contributed by atoms with Crippen molar-refractivity contribution < 1.29 is 22.3 Å². The molecule has 1 aromatic rings. The number of benzene rings is 1. The van der Waals surface area contributed by atoms with Gasteiger partial charge in [0.1, 0.15) is 17.3 Å². The molecule has 0 spiro atoms. The van der Waals surface area contributed by atoms with Crippen LogP contribution < -0.4 is 5.73 Å². The third-order valence-corrected chi connectivity index (χ3v) is 5.06. The third-order valence-electron chi connectivity index (χ3n) is 3.11. The van der Waals surface area contributed by atoms with Crippen LogP contribution in [0.2, 0.25) is 0 Å². The summed E-state index contributed by atoms with van der Waals surface area (Å²) < 4.78 is 44.3. The maximum Gasteiger partial charge on any atom is 0.321 e. The summed E-state index contributed by atoms with van der Waals surface area (Å²) in [5.41, 5.74) is 5.58. The van der Waals surface area contributed by atoms with Gasteiger partial charge in [-0.3, -0.25) is 4.79 Å². The fourth-order valence-corrected chi connectivity index (χ4v) is 3.72. The molecule has 0 aliphatic heterocycles. The molecule has 1 aliphatic rings. The Morgan fingerprint density at radius 3 is 2.71 bits per heavy atom. The minimum atomic E-state index is -4.04. The predicted octanol–water partition coefficient (Wildman–Crippen LogP) is 1.12. The summed E-state index contributed by atoms with van der Waals surface area (Å²) in [6, 6.07) is 2.88. The zero-order chi connectivity index (χ0) is 15.6. The molecule has 0 radical (unpaired) electrons. The highest BCUT2D eigenvalue weighted by Gasteiger charge is 2.40. The van der Waals surface area contributed by atoms with Gasteiger partial charge in [-0.25, -0.2) is 12.8 Å². The van der Waals surface area contributed by atoms with Gasteiger partial charge in [0.15, 0.2) is 0 Å². The van der Waals surface area contributed by atoms with Crippen molar-refractivity contribution >= 4 is 21.7 Å².